The number of quaternary nitrogens is 1. The van der Waals surface area contributed by atoms with Gasteiger partial charge in [0.25, 0.3) is 0 Å². The molecule has 0 saturated carbocycles. The molecule has 1 heteroatoms. The van der Waals surface area contributed by atoms with Crippen molar-refractivity contribution in [1.82, 2.24) is 0 Å². The smallest absolute Gasteiger partial charge is 0.131 e. The van der Waals surface area contributed by atoms with Crippen molar-refractivity contribution in [2.24, 2.45) is 0 Å². The van der Waals surface area contributed by atoms with Gasteiger partial charge in [-0.05, 0) is 37.8 Å². The predicted octanol–water partition coefficient (Wildman–Crippen LogP) is 13.7. The average molecular weight is 599 g/mol. The molecule has 0 fully saturated rings. The van der Waals surface area contributed by atoms with Gasteiger partial charge in [-0.25, -0.2) is 0 Å². The van der Waals surface area contributed by atoms with Crippen molar-refractivity contribution in [3.63, 3.8) is 0 Å². The van der Waals surface area contributed by atoms with Crippen molar-refractivity contribution in [3.8, 4) is 0 Å². The first-order valence-corrected chi connectivity index (χ1v) is 20.3. The van der Waals surface area contributed by atoms with E-state index in [4.69, 9.17) is 0 Å². The van der Waals surface area contributed by atoms with Crippen LogP contribution in [0.4, 0.5) is 5.69 Å². The number of benzene rings is 1. The molecule has 0 amide bonds. The second-order valence-electron chi connectivity index (χ2n) is 14.1. The number of hydrogen-bond acceptors (Lipinski definition) is 0. The zero-order valence-electron chi connectivity index (χ0n) is 29.9. The monoisotopic (exact) mass is 599 g/mol. The topological polar surface area (TPSA) is 4.44 Å². The molecule has 0 saturated heterocycles. The van der Waals surface area contributed by atoms with Crippen LogP contribution in [0.1, 0.15) is 219 Å². The zero-order valence-corrected chi connectivity index (χ0v) is 29.9. The first kappa shape index (κ1) is 40.2. The van der Waals surface area contributed by atoms with Crippen LogP contribution in [0.25, 0.3) is 0 Å². The third-order valence-electron chi connectivity index (χ3n) is 9.85. The molecule has 0 aromatic heterocycles. The standard InChI is InChI=1S/C42H79N/c1-3-5-7-9-11-13-15-17-19-21-23-25-27-29-31-36-40-43(42-38-34-33-35-39-42)41-37-32-30-28-26-24-22-20-18-16-14-12-10-8-6-4-2/h33-35,38-39H,3-32,36-37,40-41H2,1-2H3/p+1. The third kappa shape index (κ3) is 28.4. The Hall–Kier alpha value is -0.820. The van der Waals surface area contributed by atoms with E-state index >= 15 is 0 Å². The van der Waals surface area contributed by atoms with Crippen LogP contribution in [-0.4, -0.2) is 13.1 Å². The highest BCUT2D eigenvalue weighted by atomic mass is 15.1. The maximum absolute atomic E-state index is 2.36. The molecule has 0 aliphatic rings. The molecular weight excluding hydrogens is 518 g/mol. The zero-order chi connectivity index (χ0) is 30.7. The molecule has 0 spiro atoms. The highest BCUT2D eigenvalue weighted by Gasteiger charge is 2.11. The van der Waals surface area contributed by atoms with Gasteiger partial charge in [0.1, 0.15) is 5.69 Å². The fourth-order valence-corrected chi connectivity index (χ4v) is 6.86. The van der Waals surface area contributed by atoms with Crippen molar-refractivity contribution >= 4 is 5.69 Å². The third-order valence-corrected chi connectivity index (χ3v) is 9.85. The summed E-state index contributed by atoms with van der Waals surface area (Å²) in [6, 6.07) is 11.3. The number of unbranched alkanes of at least 4 members (excludes halogenated alkanes) is 30. The van der Waals surface area contributed by atoms with Crippen LogP contribution in [0.3, 0.4) is 0 Å². The van der Waals surface area contributed by atoms with E-state index in [-0.39, 0.29) is 0 Å². The van der Waals surface area contributed by atoms with Gasteiger partial charge in [-0.3, -0.25) is 0 Å². The summed E-state index contributed by atoms with van der Waals surface area (Å²) in [7, 11) is 0. The van der Waals surface area contributed by atoms with Gasteiger partial charge in [-0.15, -0.1) is 0 Å². The van der Waals surface area contributed by atoms with E-state index in [2.05, 4.69) is 44.2 Å². The van der Waals surface area contributed by atoms with Crippen molar-refractivity contribution in [2.75, 3.05) is 13.1 Å². The van der Waals surface area contributed by atoms with E-state index in [0.717, 1.165) is 0 Å². The van der Waals surface area contributed by atoms with Gasteiger partial charge in [0.05, 0.1) is 13.1 Å². The molecule has 0 unspecified atom stereocenters. The van der Waals surface area contributed by atoms with Gasteiger partial charge in [0, 0.05) is 0 Å². The SMILES string of the molecule is CCCCCCCCCCCCCCCCCC[NH+](CCCCCCCCCCCCCCCCCC)c1ccccc1. The lowest BCUT2D eigenvalue weighted by Crippen LogP contribution is -3.07. The van der Waals surface area contributed by atoms with E-state index in [1.54, 1.807) is 4.90 Å². The van der Waals surface area contributed by atoms with E-state index in [1.807, 2.05) is 0 Å². The van der Waals surface area contributed by atoms with Crippen LogP contribution in [-0.2, 0) is 0 Å². The maximum Gasteiger partial charge on any atom is 0.131 e. The normalized spacial score (nSPS) is 11.6. The summed E-state index contributed by atoms with van der Waals surface area (Å²) in [5.74, 6) is 0. The van der Waals surface area contributed by atoms with E-state index in [1.165, 1.54) is 224 Å². The highest BCUT2D eigenvalue weighted by molar-refractivity contribution is 5.27. The second-order valence-corrected chi connectivity index (χ2v) is 14.1. The van der Waals surface area contributed by atoms with Crippen molar-refractivity contribution < 1.29 is 4.90 Å². The highest BCUT2D eigenvalue weighted by Crippen LogP contribution is 2.15. The lowest BCUT2D eigenvalue weighted by molar-refractivity contribution is -0.833. The molecule has 1 aromatic carbocycles. The van der Waals surface area contributed by atoms with Crippen LogP contribution in [0.2, 0.25) is 0 Å². The molecule has 0 aliphatic carbocycles. The molecule has 1 rings (SSSR count). The molecule has 1 aromatic rings. The van der Waals surface area contributed by atoms with E-state index < -0.39 is 0 Å². The lowest BCUT2D eigenvalue weighted by Gasteiger charge is -2.19. The Balaban J connectivity index is 1.95. The summed E-state index contributed by atoms with van der Waals surface area (Å²) < 4.78 is 0. The Morgan fingerprint density at radius 1 is 0.302 bits per heavy atom. The van der Waals surface area contributed by atoms with Gasteiger partial charge in [-0.1, -0.05) is 212 Å². The Morgan fingerprint density at radius 3 is 0.791 bits per heavy atom. The fourth-order valence-electron chi connectivity index (χ4n) is 6.86. The Kier molecular flexibility index (Phi) is 31.8. The summed E-state index contributed by atoms with van der Waals surface area (Å²) in [5, 5.41) is 0. The van der Waals surface area contributed by atoms with Gasteiger partial charge >= 0.3 is 0 Å². The second kappa shape index (κ2) is 34.1. The quantitative estimate of drug-likeness (QED) is 0.0741. The van der Waals surface area contributed by atoms with Crippen LogP contribution < -0.4 is 4.90 Å². The van der Waals surface area contributed by atoms with Crippen LogP contribution in [0, 0.1) is 0 Å². The van der Waals surface area contributed by atoms with Crippen molar-refractivity contribution in [2.45, 2.75) is 219 Å². The Labute approximate surface area is 272 Å². The molecule has 43 heavy (non-hydrogen) atoms. The van der Waals surface area contributed by atoms with Gasteiger partial charge < -0.3 is 4.90 Å². The first-order valence-electron chi connectivity index (χ1n) is 20.3. The molecule has 0 radical (unpaired) electrons. The fraction of sp³-hybridized carbons (Fsp3) is 0.857. The minimum absolute atomic E-state index is 1.32. The lowest BCUT2D eigenvalue weighted by atomic mass is 10.0. The summed E-state index contributed by atoms with van der Waals surface area (Å²) in [5.41, 5.74) is 1.52. The molecule has 0 heterocycles. The molecule has 1 N–H and O–H groups in total. The summed E-state index contributed by atoms with van der Waals surface area (Å²) in [6.45, 7) is 7.26. The Bertz CT molecular complexity index is 589. The molecule has 0 atom stereocenters. The number of nitrogens with one attached hydrogen (secondary N) is 1. The summed E-state index contributed by atoms with van der Waals surface area (Å²) in [4.78, 5) is 1.73. The number of para-hydroxylation sites is 1. The van der Waals surface area contributed by atoms with Crippen LogP contribution in [0.15, 0.2) is 30.3 Å². The van der Waals surface area contributed by atoms with Gasteiger partial charge in [0.2, 0.25) is 0 Å². The molecular formula is C42H80N+. The van der Waals surface area contributed by atoms with E-state index in [9.17, 15) is 0 Å². The molecule has 0 bridgehead atoms. The summed E-state index contributed by atoms with van der Waals surface area (Å²) in [6.07, 6.45) is 46.5. The number of hydrogen-bond donors (Lipinski definition) is 1. The average Bonchev–Trinajstić information content (AvgIpc) is 3.03. The molecule has 1 nitrogen and oxygen atoms in total. The number of rotatable bonds is 35. The van der Waals surface area contributed by atoms with Gasteiger partial charge in [-0.2, -0.15) is 0 Å². The molecule has 0 aliphatic heterocycles. The molecule has 252 valence electrons. The van der Waals surface area contributed by atoms with Crippen LogP contribution >= 0.6 is 0 Å². The largest absolute Gasteiger partial charge is 0.302 e. The van der Waals surface area contributed by atoms with Crippen molar-refractivity contribution in [1.29, 1.82) is 0 Å². The van der Waals surface area contributed by atoms with E-state index in [0.29, 0.717) is 0 Å². The predicted molar refractivity (Wildman–Crippen MR) is 196 cm³/mol. The first-order chi connectivity index (χ1) is 21.4. The Morgan fingerprint density at radius 2 is 0.535 bits per heavy atom. The minimum Gasteiger partial charge on any atom is -0.302 e. The van der Waals surface area contributed by atoms with Crippen molar-refractivity contribution in [3.05, 3.63) is 30.3 Å². The minimum atomic E-state index is 1.32. The maximum atomic E-state index is 2.36. The summed E-state index contributed by atoms with van der Waals surface area (Å²) >= 11 is 0. The van der Waals surface area contributed by atoms with Gasteiger partial charge in [0.15, 0.2) is 0 Å². The van der Waals surface area contributed by atoms with Crippen LogP contribution in [0.5, 0.6) is 0 Å².